The number of hydrogen-bond acceptors (Lipinski definition) is 9. The summed E-state index contributed by atoms with van der Waals surface area (Å²) in [4.78, 5) is 28.8. The molecule has 0 atom stereocenters. The Kier molecular flexibility index (Phi) is 13.5. The summed E-state index contributed by atoms with van der Waals surface area (Å²) in [6.07, 6.45) is 0. The summed E-state index contributed by atoms with van der Waals surface area (Å²) in [6.45, 7) is 4.83. The van der Waals surface area contributed by atoms with Gasteiger partial charge in [0.1, 0.15) is 0 Å². The fourth-order valence-electron chi connectivity index (χ4n) is 3.98. The number of aryl methyl sites for hydroxylation is 2. The van der Waals surface area contributed by atoms with E-state index in [1.54, 1.807) is 24.3 Å². The van der Waals surface area contributed by atoms with E-state index >= 15 is 0 Å². The average Bonchev–Trinajstić information content (AvgIpc) is 2.99. The molecule has 0 radical (unpaired) electrons. The van der Waals surface area contributed by atoms with E-state index in [9.17, 15) is 26.4 Å². The first-order valence-electron chi connectivity index (χ1n) is 13.9. The van der Waals surface area contributed by atoms with Crippen molar-refractivity contribution >= 4 is 31.9 Å². The molecule has 0 aromatic heterocycles. The Labute approximate surface area is 253 Å². The number of carbonyl (C=O) groups is 2. The first kappa shape index (κ1) is 34.6. The second kappa shape index (κ2) is 16.8. The Balaban J connectivity index is 1.52. The lowest BCUT2D eigenvalue weighted by Crippen LogP contribution is -2.44. The third-order valence-corrected chi connectivity index (χ3v) is 9.42. The van der Waals surface area contributed by atoms with Crippen molar-refractivity contribution in [3.05, 3.63) is 59.7 Å². The number of sulfonamides is 2. The molecule has 15 heteroatoms. The highest BCUT2D eigenvalue weighted by Crippen LogP contribution is 2.11. The van der Waals surface area contributed by atoms with Crippen molar-refractivity contribution in [1.29, 1.82) is 0 Å². The second-order valence-electron chi connectivity index (χ2n) is 9.87. The quantitative estimate of drug-likeness (QED) is 0.413. The molecule has 1 saturated heterocycles. The van der Waals surface area contributed by atoms with Crippen LogP contribution in [0.2, 0.25) is 0 Å². The summed E-state index contributed by atoms with van der Waals surface area (Å²) >= 11 is 0. The monoisotopic (exact) mass is 640 g/mol. The van der Waals surface area contributed by atoms with Gasteiger partial charge >= 0.3 is 0 Å². The standard InChI is InChI=1S/C28H40N4O9S2/c1-23-3-7-25(8-4-23)42(35,36)29-21-27(33)31-11-15-39-16-12-32(14-18-41-20-19-40-17-13-31)28(34)22-30-43(37,38)26-9-5-24(2)6-10-26/h3-10,29-30H,11-22H2,1-2H3. The number of carbonyl (C=O) groups excluding carboxylic acids is 2. The number of benzene rings is 2. The highest BCUT2D eigenvalue weighted by atomic mass is 32.2. The van der Waals surface area contributed by atoms with Crippen LogP contribution in [-0.2, 0) is 43.8 Å². The second-order valence-corrected chi connectivity index (χ2v) is 13.4. The molecule has 238 valence electrons. The minimum absolute atomic E-state index is 0.0664. The van der Waals surface area contributed by atoms with Gasteiger partial charge in [0.05, 0.1) is 62.5 Å². The van der Waals surface area contributed by atoms with Crippen LogP contribution in [-0.4, -0.2) is 117 Å². The van der Waals surface area contributed by atoms with Crippen LogP contribution in [0.15, 0.2) is 58.3 Å². The smallest absolute Gasteiger partial charge is 0.241 e. The summed E-state index contributed by atoms with van der Waals surface area (Å²) in [5, 5.41) is 0. The topological polar surface area (TPSA) is 161 Å². The highest BCUT2D eigenvalue weighted by molar-refractivity contribution is 7.89. The predicted molar refractivity (Wildman–Crippen MR) is 158 cm³/mol. The van der Waals surface area contributed by atoms with Crippen molar-refractivity contribution in [3.63, 3.8) is 0 Å². The molecular formula is C28H40N4O9S2. The summed E-state index contributed by atoms with van der Waals surface area (Å²) < 4.78 is 71.9. The Morgan fingerprint density at radius 3 is 1.21 bits per heavy atom. The number of ether oxygens (including phenoxy) is 3. The van der Waals surface area contributed by atoms with Gasteiger partial charge in [0, 0.05) is 26.2 Å². The highest BCUT2D eigenvalue weighted by Gasteiger charge is 2.21. The Morgan fingerprint density at radius 1 is 0.581 bits per heavy atom. The molecule has 1 aliphatic heterocycles. The summed E-state index contributed by atoms with van der Waals surface area (Å²) in [5.41, 5.74) is 1.83. The van der Waals surface area contributed by atoms with Crippen LogP contribution in [0.5, 0.6) is 0 Å². The molecule has 0 aliphatic carbocycles. The van der Waals surface area contributed by atoms with Crippen LogP contribution in [0, 0.1) is 13.8 Å². The molecule has 1 heterocycles. The van der Waals surface area contributed by atoms with E-state index in [-0.39, 0.29) is 75.6 Å². The molecule has 3 rings (SSSR count). The number of nitrogens with one attached hydrogen (secondary N) is 2. The van der Waals surface area contributed by atoms with Gasteiger partial charge < -0.3 is 24.0 Å². The average molecular weight is 641 g/mol. The molecule has 2 aromatic carbocycles. The predicted octanol–water partition coefficient (Wildman–Crippen LogP) is 0.281. The largest absolute Gasteiger partial charge is 0.378 e. The van der Waals surface area contributed by atoms with Crippen molar-refractivity contribution in [2.75, 3.05) is 78.9 Å². The third kappa shape index (κ3) is 11.6. The van der Waals surface area contributed by atoms with Crippen LogP contribution >= 0.6 is 0 Å². The lowest BCUT2D eigenvalue weighted by atomic mass is 10.2. The van der Waals surface area contributed by atoms with Crippen molar-refractivity contribution in [3.8, 4) is 0 Å². The van der Waals surface area contributed by atoms with Crippen LogP contribution in [0.4, 0.5) is 0 Å². The fourth-order valence-corrected chi connectivity index (χ4v) is 5.93. The summed E-state index contributed by atoms with van der Waals surface area (Å²) in [5.74, 6) is -0.887. The molecule has 2 amide bonds. The molecule has 1 aliphatic rings. The van der Waals surface area contributed by atoms with Gasteiger partial charge in [0.2, 0.25) is 31.9 Å². The van der Waals surface area contributed by atoms with Crippen molar-refractivity contribution in [2.24, 2.45) is 0 Å². The molecular weight excluding hydrogens is 600 g/mol. The fraction of sp³-hybridized carbons (Fsp3) is 0.500. The molecule has 43 heavy (non-hydrogen) atoms. The van der Waals surface area contributed by atoms with Crippen LogP contribution in [0.1, 0.15) is 11.1 Å². The molecule has 0 saturated carbocycles. The summed E-state index contributed by atoms with van der Waals surface area (Å²) in [7, 11) is -7.73. The molecule has 2 N–H and O–H groups in total. The molecule has 2 aromatic rings. The van der Waals surface area contributed by atoms with E-state index in [1.807, 2.05) is 13.8 Å². The molecule has 0 unspecified atom stereocenters. The lowest BCUT2D eigenvalue weighted by molar-refractivity contribution is -0.131. The molecule has 13 nitrogen and oxygen atoms in total. The van der Waals surface area contributed by atoms with Crippen LogP contribution in [0.25, 0.3) is 0 Å². The van der Waals surface area contributed by atoms with Gasteiger partial charge in [-0.05, 0) is 38.1 Å². The van der Waals surface area contributed by atoms with E-state index in [4.69, 9.17) is 14.2 Å². The molecule has 0 bridgehead atoms. The number of nitrogens with zero attached hydrogens (tertiary/aromatic N) is 2. The van der Waals surface area contributed by atoms with Gasteiger partial charge in [-0.1, -0.05) is 35.4 Å². The van der Waals surface area contributed by atoms with E-state index in [0.717, 1.165) is 11.1 Å². The SMILES string of the molecule is Cc1ccc(S(=O)(=O)NCC(=O)N2CCOCCOCCN(C(=O)CNS(=O)(=O)c3ccc(C)cc3)CCOCC2)cc1. The zero-order chi connectivity index (χ0) is 31.3. The van der Waals surface area contributed by atoms with Crippen molar-refractivity contribution in [1.82, 2.24) is 19.2 Å². The normalized spacial score (nSPS) is 16.7. The van der Waals surface area contributed by atoms with Gasteiger partial charge in [0.15, 0.2) is 0 Å². The van der Waals surface area contributed by atoms with Gasteiger partial charge in [-0.25, -0.2) is 26.3 Å². The van der Waals surface area contributed by atoms with Gasteiger partial charge in [0.25, 0.3) is 0 Å². The molecule has 1 fully saturated rings. The Bertz CT molecular complexity index is 1290. The maximum atomic E-state index is 12.9. The Morgan fingerprint density at radius 2 is 0.884 bits per heavy atom. The number of amides is 2. The zero-order valence-electron chi connectivity index (χ0n) is 24.5. The minimum atomic E-state index is -3.87. The van der Waals surface area contributed by atoms with Gasteiger partial charge in [-0.15, -0.1) is 0 Å². The van der Waals surface area contributed by atoms with Crippen molar-refractivity contribution in [2.45, 2.75) is 23.6 Å². The molecule has 0 spiro atoms. The van der Waals surface area contributed by atoms with E-state index in [0.29, 0.717) is 0 Å². The maximum absolute atomic E-state index is 12.9. The lowest BCUT2D eigenvalue weighted by Gasteiger charge is -2.24. The van der Waals surface area contributed by atoms with E-state index in [2.05, 4.69) is 9.44 Å². The van der Waals surface area contributed by atoms with Crippen molar-refractivity contribution < 1.29 is 40.6 Å². The first-order valence-corrected chi connectivity index (χ1v) is 16.9. The summed E-state index contributed by atoms with van der Waals surface area (Å²) in [6, 6.07) is 12.6. The number of rotatable bonds is 8. The van der Waals surface area contributed by atoms with E-state index in [1.165, 1.54) is 34.1 Å². The minimum Gasteiger partial charge on any atom is -0.378 e. The number of hydrogen-bond donors (Lipinski definition) is 2. The van der Waals surface area contributed by atoms with Gasteiger partial charge in [-0.3, -0.25) is 9.59 Å². The Hall–Kier alpha value is -2.92. The van der Waals surface area contributed by atoms with Crippen LogP contribution < -0.4 is 9.44 Å². The van der Waals surface area contributed by atoms with Gasteiger partial charge in [-0.2, -0.15) is 0 Å². The third-order valence-electron chi connectivity index (χ3n) is 6.59. The van der Waals surface area contributed by atoms with E-state index < -0.39 is 45.0 Å². The first-order chi connectivity index (χ1) is 20.5. The maximum Gasteiger partial charge on any atom is 0.241 e. The zero-order valence-corrected chi connectivity index (χ0v) is 26.1. The van der Waals surface area contributed by atoms with Crippen LogP contribution in [0.3, 0.4) is 0 Å².